The van der Waals surface area contributed by atoms with E-state index in [9.17, 15) is 14.4 Å². The van der Waals surface area contributed by atoms with Gasteiger partial charge in [0.15, 0.2) is 6.61 Å². The Morgan fingerprint density at radius 2 is 2.00 bits per heavy atom. The van der Waals surface area contributed by atoms with E-state index in [1.54, 1.807) is 18.2 Å². The Hall–Kier alpha value is -2.37. The SMILES string of the molecule is Cc1cccc(NC(=O)COC(=O)CCC(=O)O)c1. The van der Waals surface area contributed by atoms with Crippen LogP contribution in [-0.2, 0) is 19.1 Å². The van der Waals surface area contributed by atoms with Gasteiger partial charge in [-0.3, -0.25) is 14.4 Å². The van der Waals surface area contributed by atoms with Crippen molar-refractivity contribution in [2.24, 2.45) is 0 Å². The predicted molar refractivity (Wildman–Crippen MR) is 67.6 cm³/mol. The van der Waals surface area contributed by atoms with Crippen LogP contribution in [0.25, 0.3) is 0 Å². The lowest BCUT2D eigenvalue weighted by Gasteiger charge is -2.06. The van der Waals surface area contributed by atoms with Crippen molar-refractivity contribution in [2.75, 3.05) is 11.9 Å². The first-order valence-electron chi connectivity index (χ1n) is 5.71. The number of amides is 1. The van der Waals surface area contributed by atoms with E-state index < -0.39 is 24.5 Å². The second-order valence-corrected chi connectivity index (χ2v) is 3.97. The van der Waals surface area contributed by atoms with E-state index in [-0.39, 0.29) is 12.8 Å². The van der Waals surface area contributed by atoms with Gasteiger partial charge in [-0.05, 0) is 24.6 Å². The van der Waals surface area contributed by atoms with Crippen molar-refractivity contribution >= 4 is 23.5 Å². The molecule has 6 nitrogen and oxygen atoms in total. The van der Waals surface area contributed by atoms with Crippen LogP contribution in [-0.4, -0.2) is 29.6 Å². The minimum absolute atomic E-state index is 0.243. The summed E-state index contributed by atoms with van der Waals surface area (Å²) in [5.41, 5.74) is 1.61. The summed E-state index contributed by atoms with van der Waals surface area (Å²) in [7, 11) is 0. The van der Waals surface area contributed by atoms with Crippen molar-refractivity contribution in [3.63, 3.8) is 0 Å². The minimum atomic E-state index is -1.08. The number of hydrogen-bond donors (Lipinski definition) is 2. The number of ether oxygens (including phenoxy) is 1. The van der Waals surface area contributed by atoms with E-state index >= 15 is 0 Å². The van der Waals surface area contributed by atoms with Crippen LogP contribution in [0, 0.1) is 6.92 Å². The molecule has 0 bridgehead atoms. The highest BCUT2D eigenvalue weighted by Crippen LogP contribution is 2.09. The standard InChI is InChI=1S/C13H15NO5/c1-9-3-2-4-10(7-9)14-11(15)8-19-13(18)6-5-12(16)17/h2-4,7H,5-6,8H2,1H3,(H,14,15)(H,16,17). The van der Waals surface area contributed by atoms with E-state index in [1.165, 1.54) is 0 Å². The van der Waals surface area contributed by atoms with Gasteiger partial charge in [0, 0.05) is 5.69 Å². The fourth-order valence-electron chi connectivity index (χ4n) is 1.35. The summed E-state index contributed by atoms with van der Waals surface area (Å²) >= 11 is 0. The molecule has 0 spiro atoms. The molecule has 0 radical (unpaired) electrons. The molecule has 102 valence electrons. The van der Waals surface area contributed by atoms with E-state index in [2.05, 4.69) is 10.1 Å². The number of carboxylic acids is 1. The molecule has 0 unspecified atom stereocenters. The molecule has 1 aromatic carbocycles. The molecule has 0 aliphatic rings. The molecule has 1 rings (SSSR count). The summed E-state index contributed by atoms with van der Waals surface area (Å²) in [4.78, 5) is 32.8. The van der Waals surface area contributed by atoms with Gasteiger partial charge in [-0.15, -0.1) is 0 Å². The van der Waals surface area contributed by atoms with Crippen LogP contribution in [0.1, 0.15) is 18.4 Å². The van der Waals surface area contributed by atoms with Crippen molar-refractivity contribution in [3.8, 4) is 0 Å². The van der Waals surface area contributed by atoms with Crippen molar-refractivity contribution in [3.05, 3.63) is 29.8 Å². The number of hydrogen-bond acceptors (Lipinski definition) is 4. The molecule has 1 amide bonds. The highest BCUT2D eigenvalue weighted by Gasteiger charge is 2.09. The van der Waals surface area contributed by atoms with Crippen LogP contribution >= 0.6 is 0 Å². The predicted octanol–water partition coefficient (Wildman–Crippen LogP) is 1.34. The zero-order valence-electron chi connectivity index (χ0n) is 10.5. The van der Waals surface area contributed by atoms with E-state index in [1.807, 2.05) is 13.0 Å². The average Bonchev–Trinajstić information content (AvgIpc) is 2.34. The van der Waals surface area contributed by atoms with Crippen LogP contribution < -0.4 is 5.32 Å². The maximum absolute atomic E-state index is 11.5. The number of esters is 1. The van der Waals surface area contributed by atoms with E-state index in [0.29, 0.717) is 5.69 Å². The van der Waals surface area contributed by atoms with Gasteiger partial charge in [0.25, 0.3) is 5.91 Å². The Bertz CT molecular complexity index is 484. The fourth-order valence-corrected chi connectivity index (χ4v) is 1.35. The highest BCUT2D eigenvalue weighted by atomic mass is 16.5. The molecule has 0 saturated carbocycles. The molecule has 19 heavy (non-hydrogen) atoms. The Morgan fingerprint density at radius 1 is 1.26 bits per heavy atom. The van der Waals surface area contributed by atoms with Crippen molar-refractivity contribution in [1.29, 1.82) is 0 Å². The summed E-state index contributed by atoms with van der Waals surface area (Å²) < 4.78 is 4.64. The smallest absolute Gasteiger partial charge is 0.306 e. The van der Waals surface area contributed by atoms with Crippen molar-refractivity contribution in [1.82, 2.24) is 0 Å². The molecular weight excluding hydrogens is 250 g/mol. The molecule has 1 aromatic rings. The second-order valence-electron chi connectivity index (χ2n) is 3.97. The van der Waals surface area contributed by atoms with Crippen LogP contribution in [0.5, 0.6) is 0 Å². The van der Waals surface area contributed by atoms with Gasteiger partial charge < -0.3 is 15.2 Å². The number of aryl methyl sites for hydroxylation is 1. The molecule has 2 N–H and O–H groups in total. The molecule has 0 atom stereocenters. The van der Waals surface area contributed by atoms with Gasteiger partial charge in [0.05, 0.1) is 12.8 Å². The van der Waals surface area contributed by atoms with Crippen LogP contribution in [0.15, 0.2) is 24.3 Å². The molecule has 0 aliphatic heterocycles. The Morgan fingerprint density at radius 3 is 2.63 bits per heavy atom. The lowest BCUT2D eigenvalue weighted by atomic mass is 10.2. The monoisotopic (exact) mass is 265 g/mol. The molecule has 0 saturated heterocycles. The minimum Gasteiger partial charge on any atom is -0.481 e. The Balaban J connectivity index is 2.32. The van der Waals surface area contributed by atoms with Crippen molar-refractivity contribution < 1.29 is 24.2 Å². The number of benzene rings is 1. The Labute approximate surface area is 110 Å². The summed E-state index contributed by atoms with van der Waals surface area (Å²) in [6.07, 6.45) is -0.550. The summed E-state index contributed by atoms with van der Waals surface area (Å²) in [6.45, 7) is 1.47. The molecule has 0 fully saturated rings. The zero-order valence-corrected chi connectivity index (χ0v) is 10.5. The first kappa shape index (κ1) is 14.7. The fraction of sp³-hybridized carbons (Fsp3) is 0.308. The van der Waals surface area contributed by atoms with Crippen molar-refractivity contribution in [2.45, 2.75) is 19.8 Å². The summed E-state index contributed by atoms with van der Waals surface area (Å²) in [6, 6.07) is 7.19. The topological polar surface area (TPSA) is 92.7 Å². The largest absolute Gasteiger partial charge is 0.481 e. The number of rotatable bonds is 6. The van der Waals surface area contributed by atoms with E-state index in [4.69, 9.17) is 5.11 Å². The molecule has 0 heterocycles. The summed E-state index contributed by atoms with van der Waals surface area (Å²) in [5, 5.41) is 10.9. The van der Waals surface area contributed by atoms with Crippen LogP contribution in [0.3, 0.4) is 0 Å². The summed E-state index contributed by atoms with van der Waals surface area (Å²) in [5.74, 6) is -2.25. The van der Waals surface area contributed by atoms with Crippen LogP contribution in [0.4, 0.5) is 5.69 Å². The number of carbonyl (C=O) groups is 3. The lowest BCUT2D eigenvalue weighted by molar-refractivity contribution is -0.149. The maximum Gasteiger partial charge on any atom is 0.306 e. The van der Waals surface area contributed by atoms with Gasteiger partial charge in [0.2, 0.25) is 0 Å². The second kappa shape index (κ2) is 7.15. The third-order valence-corrected chi connectivity index (χ3v) is 2.21. The molecule has 0 aliphatic carbocycles. The number of nitrogens with one attached hydrogen (secondary N) is 1. The highest BCUT2D eigenvalue weighted by molar-refractivity contribution is 5.92. The third-order valence-electron chi connectivity index (χ3n) is 2.21. The first-order chi connectivity index (χ1) is 8.97. The number of carboxylic acid groups (broad SMARTS) is 1. The third kappa shape index (κ3) is 6.21. The van der Waals surface area contributed by atoms with Gasteiger partial charge in [-0.1, -0.05) is 12.1 Å². The molecule has 0 aromatic heterocycles. The number of carbonyl (C=O) groups excluding carboxylic acids is 2. The zero-order chi connectivity index (χ0) is 14.3. The van der Waals surface area contributed by atoms with E-state index in [0.717, 1.165) is 5.56 Å². The van der Waals surface area contributed by atoms with Crippen LogP contribution in [0.2, 0.25) is 0 Å². The van der Waals surface area contributed by atoms with Gasteiger partial charge in [-0.2, -0.15) is 0 Å². The maximum atomic E-state index is 11.5. The number of aliphatic carboxylic acids is 1. The normalized spacial score (nSPS) is 9.74. The van der Waals surface area contributed by atoms with Gasteiger partial charge in [-0.25, -0.2) is 0 Å². The number of anilines is 1. The average molecular weight is 265 g/mol. The quantitative estimate of drug-likeness (QED) is 0.757. The molecule has 6 heteroatoms. The Kier molecular flexibility index (Phi) is 5.53. The first-order valence-corrected chi connectivity index (χ1v) is 5.71. The lowest BCUT2D eigenvalue weighted by Crippen LogP contribution is -2.21. The van der Waals surface area contributed by atoms with Gasteiger partial charge >= 0.3 is 11.9 Å². The van der Waals surface area contributed by atoms with Gasteiger partial charge in [0.1, 0.15) is 0 Å². The molecular formula is C13H15NO5.